The predicted molar refractivity (Wildman–Crippen MR) is 58.5 cm³/mol. The smallest absolute Gasteiger partial charge is 0.265 e. The van der Waals surface area contributed by atoms with E-state index in [0.717, 1.165) is 5.06 Å². The van der Waals surface area contributed by atoms with Crippen LogP contribution in [0.1, 0.15) is 10.4 Å². The second-order valence-corrected chi connectivity index (χ2v) is 3.24. The summed E-state index contributed by atoms with van der Waals surface area (Å²) in [4.78, 5) is 27.4. The summed E-state index contributed by atoms with van der Waals surface area (Å²) >= 11 is 0. The van der Waals surface area contributed by atoms with Crippen molar-refractivity contribution in [2.45, 2.75) is 0 Å². The predicted octanol–water partition coefficient (Wildman–Crippen LogP) is 0.575. The van der Waals surface area contributed by atoms with E-state index in [1.807, 2.05) is 0 Å². The fourth-order valence-corrected chi connectivity index (χ4v) is 1.11. The molecule has 0 atom stereocenters. The SMILES string of the molecule is CON(C)C(=O)CNC(=O)c1ccccc1F. The Morgan fingerprint density at radius 1 is 1.41 bits per heavy atom. The van der Waals surface area contributed by atoms with Crippen LogP contribution in [0, 0.1) is 5.82 Å². The van der Waals surface area contributed by atoms with E-state index in [-0.39, 0.29) is 12.1 Å². The van der Waals surface area contributed by atoms with Gasteiger partial charge in [-0.3, -0.25) is 14.4 Å². The highest BCUT2D eigenvalue weighted by molar-refractivity contribution is 5.96. The lowest BCUT2D eigenvalue weighted by molar-refractivity contribution is -0.167. The molecule has 0 saturated carbocycles. The molecule has 1 N–H and O–H groups in total. The minimum Gasteiger partial charge on any atom is -0.343 e. The number of rotatable bonds is 4. The molecule has 0 aliphatic heterocycles. The van der Waals surface area contributed by atoms with Crippen LogP contribution in [0.25, 0.3) is 0 Å². The summed E-state index contributed by atoms with van der Waals surface area (Å²) in [6.45, 7) is -0.252. The number of carbonyl (C=O) groups is 2. The van der Waals surface area contributed by atoms with Crippen molar-refractivity contribution in [3.8, 4) is 0 Å². The molecule has 1 aromatic carbocycles. The van der Waals surface area contributed by atoms with Gasteiger partial charge in [0.15, 0.2) is 0 Å². The van der Waals surface area contributed by atoms with E-state index in [2.05, 4.69) is 10.2 Å². The molecule has 0 fully saturated rings. The molecule has 1 rings (SSSR count). The van der Waals surface area contributed by atoms with Gasteiger partial charge in [0.05, 0.1) is 19.2 Å². The van der Waals surface area contributed by atoms with Crippen LogP contribution in [0.2, 0.25) is 0 Å². The first-order valence-corrected chi connectivity index (χ1v) is 4.89. The van der Waals surface area contributed by atoms with Gasteiger partial charge in [-0.25, -0.2) is 9.45 Å². The number of benzene rings is 1. The molecular weight excluding hydrogens is 227 g/mol. The normalized spacial score (nSPS) is 9.82. The first-order valence-electron chi connectivity index (χ1n) is 4.89. The van der Waals surface area contributed by atoms with Crippen LogP contribution in [0.15, 0.2) is 24.3 Å². The molecule has 0 saturated heterocycles. The fraction of sp³-hybridized carbons (Fsp3) is 0.273. The summed E-state index contributed by atoms with van der Waals surface area (Å²) in [6, 6.07) is 5.55. The van der Waals surface area contributed by atoms with Crippen LogP contribution in [0.5, 0.6) is 0 Å². The van der Waals surface area contributed by atoms with Crippen molar-refractivity contribution in [2.75, 3.05) is 20.7 Å². The molecular formula is C11H13FN2O3. The molecule has 0 aromatic heterocycles. The van der Waals surface area contributed by atoms with Gasteiger partial charge in [-0.2, -0.15) is 0 Å². The van der Waals surface area contributed by atoms with Crippen LogP contribution in [-0.2, 0) is 9.63 Å². The van der Waals surface area contributed by atoms with E-state index >= 15 is 0 Å². The van der Waals surface area contributed by atoms with Gasteiger partial charge in [-0.15, -0.1) is 0 Å². The molecule has 0 bridgehead atoms. The molecule has 5 nitrogen and oxygen atoms in total. The van der Waals surface area contributed by atoms with Gasteiger partial charge >= 0.3 is 0 Å². The topological polar surface area (TPSA) is 58.6 Å². The van der Waals surface area contributed by atoms with Crippen molar-refractivity contribution in [1.82, 2.24) is 10.4 Å². The number of hydrogen-bond donors (Lipinski definition) is 1. The molecule has 6 heteroatoms. The highest BCUT2D eigenvalue weighted by Gasteiger charge is 2.13. The highest BCUT2D eigenvalue weighted by Crippen LogP contribution is 2.05. The number of likely N-dealkylation sites (N-methyl/N-ethyl adjacent to an activating group) is 1. The van der Waals surface area contributed by atoms with E-state index < -0.39 is 17.6 Å². The largest absolute Gasteiger partial charge is 0.343 e. The third-order valence-electron chi connectivity index (χ3n) is 2.14. The van der Waals surface area contributed by atoms with Crippen molar-refractivity contribution < 1.29 is 18.8 Å². The van der Waals surface area contributed by atoms with E-state index in [1.165, 1.54) is 32.4 Å². The average molecular weight is 240 g/mol. The maximum atomic E-state index is 13.2. The molecule has 1 aromatic rings. The van der Waals surface area contributed by atoms with E-state index in [1.54, 1.807) is 6.07 Å². The summed E-state index contributed by atoms with van der Waals surface area (Å²) in [6.07, 6.45) is 0. The molecule has 0 heterocycles. The number of nitrogens with one attached hydrogen (secondary N) is 1. The lowest BCUT2D eigenvalue weighted by Gasteiger charge is -2.13. The number of nitrogens with zero attached hydrogens (tertiary/aromatic N) is 1. The Balaban J connectivity index is 2.57. The lowest BCUT2D eigenvalue weighted by atomic mass is 10.2. The second-order valence-electron chi connectivity index (χ2n) is 3.24. The van der Waals surface area contributed by atoms with Gasteiger partial charge in [0.2, 0.25) is 0 Å². The molecule has 2 amide bonds. The summed E-state index contributed by atoms with van der Waals surface area (Å²) in [5.74, 6) is -1.70. The Hall–Kier alpha value is -1.95. The van der Waals surface area contributed by atoms with Gasteiger partial charge in [0, 0.05) is 7.05 Å². The highest BCUT2D eigenvalue weighted by atomic mass is 19.1. The Bertz CT molecular complexity index is 423. The summed E-state index contributed by atoms with van der Waals surface area (Å²) in [5, 5.41) is 3.28. The number of halogens is 1. The van der Waals surface area contributed by atoms with Crippen LogP contribution in [0.3, 0.4) is 0 Å². The molecule has 17 heavy (non-hydrogen) atoms. The second kappa shape index (κ2) is 5.95. The van der Waals surface area contributed by atoms with Gasteiger partial charge < -0.3 is 5.32 Å². The van der Waals surface area contributed by atoms with Crippen LogP contribution < -0.4 is 5.32 Å². The Morgan fingerprint density at radius 2 is 2.06 bits per heavy atom. The monoisotopic (exact) mass is 240 g/mol. The maximum absolute atomic E-state index is 13.2. The lowest BCUT2D eigenvalue weighted by Crippen LogP contribution is -2.37. The average Bonchev–Trinajstić information content (AvgIpc) is 2.35. The van der Waals surface area contributed by atoms with Gasteiger partial charge in [-0.05, 0) is 12.1 Å². The summed E-state index contributed by atoms with van der Waals surface area (Å²) < 4.78 is 13.2. The van der Waals surface area contributed by atoms with E-state index in [4.69, 9.17) is 0 Å². The zero-order valence-corrected chi connectivity index (χ0v) is 9.57. The van der Waals surface area contributed by atoms with E-state index in [9.17, 15) is 14.0 Å². The summed E-state index contributed by atoms with van der Waals surface area (Å²) in [5.41, 5.74) is -0.0969. The van der Waals surface area contributed by atoms with Gasteiger partial charge in [-0.1, -0.05) is 12.1 Å². The van der Waals surface area contributed by atoms with Crippen molar-refractivity contribution in [3.05, 3.63) is 35.6 Å². The quantitative estimate of drug-likeness (QED) is 0.783. The third-order valence-corrected chi connectivity index (χ3v) is 2.14. The van der Waals surface area contributed by atoms with E-state index in [0.29, 0.717) is 0 Å². The minimum absolute atomic E-state index is 0.0969. The number of carbonyl (C=O) groups excluding carboxylic acids is 2. The minimum atomic E-state index is -0.638. The zero-order chi connectivity index (χ0) is 12.8. The standard InChI is InChI=1S/C11H13FN2O3/c1-14(17-2)10(15)7-13-11(16)8-5-3-4-6-9(8)12/h3-6H,7H2,1-2H3,(H,13,16). The molecule has 0 unspecified atom stereocenters. The Kier molecular flexibility index (Phi) is 4.59. The van der Waals surface area contributed by atoms with Crippen LogP contribution in [0.4, 0.5) is 4.39 Å². The number of amides is 2. The zero-order valence-electron chi connectivity index (χ0n) is 9.57. The van der Waals surface area contributed by atoms with Gasteiger partial charge in [0.25, 0.3) is 11.8 Å². The summed E-state index contributed by atoms with van der Waals surface area (Å²) in [7, 11) is 2.74. The Labute approximate surface area is 98.1 Å². The van der Waals surface area contributed by atoms with Crippen molar-refractivity contribution >= 4 is 11.8 Å². The molecule has 0 spiro atoms. The van der Waals surface area contributed by atoms with Gasteiger partial charge in [0.1, 0.15) is 5.82 Å². The molecule has 92 valence electrons. The molecule has 0 aliphatic carbocycles. The van der Waals surface area contributed by atoms with Crippen molar-refractivity contribution in [3.63, 3.8) is 0 Å². The first kappa shape index (κ1) is 13.1. The number of hydrogen-bond acceptors (Lipinski definition) is 3. The first-order chi connectivity index (χ1) is 8.06. The number of hydroxylamine groups is 2. The fourth-order valence-electron chi connectivity index (χ4n) is 1.11. The van der Waals surface area contributed by atoms with Crippen LogP contribution >= 0.6 is 0 Å². The van der Waals surface area contributed by atoms with Crippen LogP contribution in [-0.4, -0.2) is 37.6 Å². The third kappa shape index (κ3) is 3.53. The Morgan fingerprint density at radius 3 is 2.65 bits per heavy atom. The van der Waals surface area contributed by atoms with Crippen molar-refractivity contribution in [2.24, 2.45) is 0 Å². The molecule has 0 aliphatic rings. The maximum Gasteiger partial charge on any atom is 0.265 e. The molecule has 0 radical (unpaired) electrons. The van der Waals surface area contributed by atoms with Crippen molar-refractivity contribution in [1.29, 1.82) is 0 Å².